The lowest BCUT2D eigenvalue weighted by Crippen LogP contribution is -2.53. The molecule has 2 aliphatic heterocycles. The van der Waals surface area contributed by atoms with Gasteiger partial charge in [0.25, 0.3) is 11.8 Å². The molecule has 8 nitrogen and oxygen atoms in total. The van der Waals surface area contributed by atoms with Gasteiger partial charge in [-0.3, -0.25) is 29.1 Å². The molecule has 0 spiro atoms. The van der Waals surface area contributed by atoms with Crippen LogP contribution in [0.4, 0.5) is 4.79 Å². The number of carbonyl (C=O) groups excluding carboxylic acids is 4. The minimum Gasteiger partial charge on any atom is -0.476 e. The Kier molecular flexibility index (Phi) is 4.74. The van der Waals surface area contributed by atoms with Crippen molar-refractivity contribution < 1.29 is 23.9 Å². The number of barbiturate groups is 1. The number of amides is 5. The Morgan fingerprint density at radius 1 is 1.04 bits per heavy atom. The predicted octanol–water partition coefficient (Wildman–Crippen LogP) is 1.49. The third-order valence-corrected chi connectivity index (χ3v) is 4.28. The van der Waals surface area contributed by atoms with E-state index in [2.05, 4.69) is 0 Å². The van der Waals surface area contributed by atoms with Crippen molar-refractivity contribution in [1.82, 2.24) is 14.7 Å². The number of rotatable bonds is 1. The van der Waals surface area contributed by atoms with Crippen molar-refractivity contribution in [3.63, 3.8) is 0 Å². The normalized spacial score (nSPS) is 22.3. The number of ether oxygens (including phenoxy) is 1. The summed E-state index contributed by atoms with van der Waals surface area (Å²) in [5.74, 6) is -1.25. The number of urea groups is 1. The molecule has 0 unspecified atom stereocenters. The SMILES string of the molecule is CN1C(=O)C(=C/C=C2\OCC(C)(C)N2C(=O)C(C)(C)C)C(=O)N(C)C1=O. The van der Waals surface area contributed by atoms with Crippen molar-refractivity contribution in [2.24, 2.45) is 5.41 Å². The summed E-state index contributed by atoms with van der Waals surface area (Å²) in [4.78, 5) is 52.3. The Morgan fingerprint density at radius 2 is 1.54 bits per heavy atom. The molecule has 0 bridgehead atoms. The Balaban J connectivity index is 2.43. The molecule has 0 aromatic heterocycles. The molecule has 0 aromatic rings. The first-order valence-corrected chi connectivity index (χ1v) is 8.28. The summed E-state index contributed by atoms with van der Waals surface area (Å²) in [7, 11) is 2.61. The van der Waals surface area contributed by atoms with Crippen molar-refractivity contribution in [3.8, 4) is 0 Å². The second kappa shape index (κ2) is 6.26. The topological polar surface area (TPSA) is 87.2 Å². The molecule has 2 aliphatic rings. The molecule has 0 aliphatic carbocycles. The Labute approximate surface area is 153 Å². The van der Waals surface area contributed by atoms with Gasteiger partial charge >= 0.3 is 6.03 Å². The smallest absolute Gasteiger partial charge is 0.333 e. The van der Waals surface area contributed by atoms with Crippen LogP contribution in [0.1, 0.15) is 34.6 Å². The van der Waals surface area contributed by atoms with E-state index in [9.17, 15) is 19.2 Å². The second-order valence-corrected chi connectivity index (χ2v) is 8.09. The van der Waals surface area contributed by atoms with Crippen LogP contribution in [-0.4, -0.2) is 64.7 Å². The summed E-state index contributed by atoms with van der Waals surface area (Å²) in [6, 6.07) is -0.687. The molecule has 2 fully saturated rings. The number of allylic oxidation sites excluding steroid dienone is 2. The fourth-order valence-electron chi connectivity index (χ4n) is 2.66. The van der Waals surface area contributed by atoms with E-state index < -0.39 is 28.8 Å². The molecule has 5 amide bonds. The van der Waals surface area contributed by atoms with Crippen LogP contribution < -0.4 is 0 Å². The van der Waals surface area contributed by atoms with Gasteiger partial charge < -0.3 is 4.74 Å². The van der Waals surface area contributed by atoms with Crippen molar-refractivity contribution in [3.05, 3.63) is 23.6 Å². The number of likely N-dealkylation sites (N-methyl/N-ethyl adjacent to an activating group) is 2. The quantitative estimate of drug-likeness (QED) is 0.520. The van der Waals surface area contributed by atoms with E-state index in [1.54, 1.807) is 4.90 Å². The summed E-state index contributed by atoms with van der Waals surface area (Å²) >= 11 is 0. The van der Waals surface area contributed by atoms with Crippen LogP contribution in [0.5, 0.6) is 0 Å². The zero-order valence-corrected chi connectivity index (χ0v) is 16.2. The standard InChI is InChI=1S/C18H25N3O5/c1-17(2,3)15(24)21-12(26-10-18(21,4)5)9-8-11-13(22)19(6)16(25)20(7)14(11)23/h8-9H,10H2,1-7H3/b12-9-. The summed E-state index contributed by atoms with van der Waals surface area (Å²) in [5.41, 5.74) is -1.35. The van der Waals surface area contributed by atoms with Crippen LogP contribution >= 0.6 is 0 Å². The van der Waals surface area contributed by atoms with E-state index >= 15 is 0 Å². The van der Waals surface area contributed by atoms with Gasteiger partial charge in [0.15, 0.2) is 5.88 Å². The summed E-state index contributed by atoms with van der Waals surface area (Å²) in [6.45, 7) is 9.48. The van der Waals surface area contributed by atoms with Gasteiger partial charge in [-0.2, -0.15) is 0 Å². The van der Waals surface area contributed by atoms with Gasteiger partial charge in [-0.15, -0.1) is 0 Å². The Morgan fingerprint density at radius 3 is 2.00 bits per heavy atom. The first kappa shape index (κ1) is 19.7. The number of hydrogen-bond acceptors (Lipinski definition) is 5. The molecule has 8 heteroatoms. The predicted molar refractivity (Wildman–Crippen MR) is 93.4 cm³/mol. The lowest BCUT2D eigenvalue weighted by molar-refractivity contribution is -0.140. The highest BCUT2D eigenvalue weighted by Crippen LogP contribution is 2.34. The zero-order valence-electron chi connectivity index (χ0n) is 16.2. The summed E-state index contributed by atoms with van der Waals surface area (Å²) in [5, 5.41) is 0. The maximum absolute atomic E-state index is 12.8. The van der Waals surface area contributed by atoms with E-state index in [-0.39, 0.29) is 17.4 Å². The first-order chi connectivity index (χ1) is 11.8. The van der Waals surface area contributed by atoms with Crippen LogP contribution in [0.15, 0.2) is 23.6 Å². The number of nitrogens with zero attached hydrogens (tertiary/aromatic N) is 3. The molecular weight excluding hydrogens is 338 g/mol. The van der Waals surface area contributed by atoms with E-state index in [1.165, 1.54) is 26.2 Å². The average molecular weight is 363 g/mol. The van der Waals surface area contributed by atoms with Crippen LogP contribution in [0, 0.1) is 5.41 Å². The van der Waals surface area contributed by atoms with Gasteiger partial charge in [-0.05, 0) is 26.0 Å². The molecule has 0 atom stereocenters. The lowest BCUT2D eigenvalue weighted by Gasteiger charge is -2.33. The highest BCUT2D eigenvalue weighted by molar-refractivity contribution is 6.28. The molecule has 2 saturated heterocycles. The second-order valence-electron chi connectivity index (χ2n) is 8.09. The maximum atomic E-state index is 12.8. The van der Waals surface area contributed by atoms with Gasteiger partial charge in [0.1, 0.15) is 12.2 Å². The van der Waals surface area contributed by atoms with Crippen molar-refractivity contribution >= 4 is 23.8 Å². The third-order valence-electron chi connectivity index (χ3n) is 4.28. The van der Waals surface area contributed by atoms with Gasteiger partial charge in [-0.1, -0.05) is 20.8 Å². The first-order valence-electron chi connectivity index (χ1n) is 8.28. The van der Waals surface area contributed by atoms with Crippen molar-refractivity contribution in [2.45, 2.75) is 40.2 Å². The van der Waals surface area contributed by atoms with Gasteiger partial charge in [0, 0.05) is 19.5 Å². The number of imide groups is 2. The molecule has 2 rings (SSSR count). The molecule has 0 radical (unpaired) electrons. The molecule has 0 saturated carbocycles. The molecule has 0 aromatic carbocycles. The minimum absolute atomic E-state index is 0.129. The van der Waals surface area contributed by atoms with E-state index in [4.69, 9.17) is 4.74 Å². The van der Waals surface area contributed by atoms with Crippen LogP contribution in [0.3, 0.4) is 0 Å². The Bertz CT molecular complexity index is 716. The molecule has 142 valence electrons. The largest absolute Gasteiger partial charge is 0.476 e. The minimum atomic E-state index is -0.694. The fourth-order valence-corrected chi connectivity index (χ4v) is 2.66. The zero-order chi connectivity index (χ0) is 20.0. The molecule has 0 N–H and O–H groups in total. The fraction of sp³-hybridized carbons (Fsp3) is 0.556. The third kappa shape index (κ3) is 3.23. The molecular formula is C18H25N3O5. The van der Waals surface area contributed by atoms with Crippen molar-refractivity contribution in [1.29, 1.82) is 0 Å². The number of carbonyl (C=O) groups is 4. The van der Waals surface area contributed by atoms with Crippen LogP contribution in [0.25, 0.3) is 0 Å². The van der Waals surface area contributed by atoms with Crippen LogP contribution in [0.2, 0.25) is 0 Å². The van der Waals surface area contributed by atoms with Gasteiger partial charge in [0.05, 0.1) is 5.54 Å². The molecule has 26 heavy (non-hydrogen) atoms. The monoisotopic (exact) mass is 363 g/mol. The average Bonchev–Trinajstić information content (AvgIpc) is 2.84. The lowest BCUT2D eigenvalue weighted by atomic mass is 9.92. The summed E-state index contributed by atoms with van der Waals surface area (Å²) < 4.78 is 5.64. The highest BCUT2D eigenvalue weighted by Gasteiger charge is 2.45. The Hall–Kier alpha value is -2.64. The van der Waals surface area contributed by atoms with Gasteiger partial charge in [0.2, 0.25) is 5.91 Å². The summed E-state index contributed by atoms with van der Waals surface area (Å²) in [6.07, 6.45) is 2.73. The van der Waals surface area contributed by atoms with Crippen LogP contribution in [-0.2, 0) is 19.1 Å². The number of hydrogen-bond donors (Lipinski definition) is 0. The van der Waals surface area contributed by atoms with E-state index in [1.807, 2.05) is 34.6 Å². The molecule has 2 heterocycles. The van der Waals surface area contributed by atoms with E-state index in [0.717, 1.165) is 9.80 Å². The maximum Gasteiger partial charge on any atom is 0.333 e. The van der Waals surface area contributed by atoms with Gasteiger partial charge in [-0.25, -0.2) is 4.79 Å². The van der Waals surface area contributed by atoms with Crippen molar-refractivity contribution in [2.75, 3.05) is 20.7 Å². The van der Waals surface area contributed by atoms with E-state index in [0.29, 0.717) is 6.61 Å². The highest BCUT2D eigenvalue weighted by atomic mass is 16.5.